The molecule has 0 saturated heterocycles. The molecule has 0 aliphatic carbocycles. The molecule has 0 aromatic heterocycles. The van der Waals surface area contributed by atoms with Crippen LogP contribution >= 0.6 is 0 Å². The molecule has 226 valence electrons. The molecule has 8 nitrogen and oxygen atoms in total. The summed E-state index contributed by atoms with van der Waals surface area (Å²) in [6.45, 7) is 1.03. The molecule has 1 N–H and O–H groups in total. The van der Waals surface area contributed by atoms with Crippen molar-refractivity contribution in [2.75, 3.05) is 28.8 Å². The van der Waals surface area contributed by atoms with E-state index in [-0.39, 0.29) is 29.7 Å². The molecular formula is C35H35N3O5S. The Balaban J connectivity index is 1.09. The standard InChI is InChI=1S/C35H35N3O5S/c39-34(21-18-27-16-19-29(20-17-27)44(41,42)38-24-8-12-28-11-4-5-13-30(28)38)37-25-33(43-32-15-7-6-14-31(32)37)35(40)36-23-22-26-9-2-1-3-10-26/h1-7,9-11,13-17,19-20,33H,8,12,18,21-25H2,(H,36,40)/t33-/m1/s1. The first-order valence-electron chi connectivity index (χ1n) is 15.0. The summed E-state index contributed by atoms with van der Waals surface area (Å²) in [4.78, 5) is 28.3. The maximum Gasteiger partial charge on any atom is 0.264 e. The highest BCUT2D eigenvalue weighted by atomic mass is 32.2. The van der Waals surface area contributed by atoms with Crippen LogP contribution in [0.15, 0.2) is 108 Å². The monoisotopic (exact) mass is 609 g/mol. The number of sulfonamides is 1. The van der Waals surface area contributed by atoms with Crippen LogP contribution in [-0.2, 0) is 38.9 Å². The molecular weight excluding hydrogens is 574 g/mol. The number of nitrogens with one attached hydrogen (secondary N) is 1. The zero-order valence-corrected chi connectivity index (χ0v) is 25.2. The molecule has 0 fully saturated rings. The first-order chi connectivity index (χ1) is 21.4. The first-order valence-corrected chi connectivity index (χ1v) is 16.4. The third kappa shape index (κ3) is 6.33. The van der Waals surface area contributed by atoms with Crippen LogP contribution in [0.25, 0.3) is 0 Å². The maximum atomic E-state index is 13.5. The van der Waals surface area contributed by atoms with Crippen LogP contribution < -0.4 is 19.3 Å². The second kappa shape index (κ2) is 12.9. The fourth-order valence-corrected chi connectivity index (χ4v) is 7.33. The van der Waals surface area contributed by atoms with E-state index in [0.29, 0.717) is 37.4 Å². The van der Waals surface area contributed by atoms with E-state index in [1.165, 1.54) is 4.31 Å². The summed E-state index contributed by atoms with van der Waals surface area (Å²) < 4.78 is 34.5. The van der Waals surface area contributed by atoms with Gasteiger partial charge in [0.15, 0.2) is 6.10 Å². The molecule has 2 aliphatic rings. The predicted octanol–water partition coefficient (Wildman–Crippen LogP) is 4.91. The highest BCUT2D eigenvalue weighted by molar-refractivity contribution is 7.92. The van der Waals surface area contributed by atoms with Crippen molar-refractivity contribution < 1.29 is 22.7 Å². The number of fused-ring (bicyclic) bond motifs is 2. The number of hydrogen-bond acceptors (Lipinski definition) is 5. The van der Waals surface area contributed by atoms with E-state index < -0.39 is 16.1 Å². The number of rotatable bonds is 9. The van der Waals surface area contributed by atoms with Crippen molar-refractivity contribution in [3.05, 3.63) is 120 Å². The van der Waals surface area contributed by atoms with E-state index in [0.717, 1.165) is 35.2 Å². The number of carbonyl (C=O) groups is 2. The van der Waals surface area contributed by atoms with Crippen LogP contribution in [0.2, 0.25) is 0 Å². The van der Waals surface area contributed by atoms with E-state index in [9.17, 15) is 18.0 Å². The lowest BCUT2D eigenvalue weighted by atomic mass is 10.0. The lowest BCUT2D eigenvalue weighted by Crippen LogP contribution is -2.51. The molecule has 0 unspecified atom stereocenters. The fraction of sp³-hybridized carbons (Fsp3) is 0.257. The Morgan fingerprint density at radius 1 is 0.795 bits per heavy atom. The van der Waals surface area contributed by atoms with Crippen LogP contribution in [-0.4, -0.2) is 46.0 Å². The Morgan fingerprint density at radius 3 is 2.27 bits per heavy atom. The quantitative estimate of drug-likeness (QED) is 0.291. The number of carbonyl (C=O) groups excluding carboxylic acids is 2. The van der Waals surface area contributed by atoms with Gasteiger partial charge in [0.1, 0.15) is 5.75 Å². The summed E-state index contributed by atoms with van der Waals surface area (Å²) in [6.07, 6.45) is 2.14. The Bertz CT molecular complexity index is 1740. The Kier molecular flexibility index (Phi) is 8.65. The predicted molar refractivity (Wildman–Crippen MR) is 170 cm³/mol. The van der Waals surface area contributed by atoms with Crippen molar-refractivity contribution in [1.82, 2.24) is 5.32 Å². The Morgan fingerprint density at radius 2 is 1.48 bits per heavy atom. The minimum absolute atomic E-state index is 0.113. The van der Waals surface area contributed by atoms with Gasteiger partial charge < -0.3 is 15.0 Å². The van der Waals surface area contributed by atoms with Crippen LogP contribution in [0, 0.1) is 0 Å². The molecule has 2 aliphatic heterocycles. The number of amides is 2. The number of nitrogens with zero attached hydrogens (tertiary/aromatic N) is 2. The van der Waals surface area contributed by atoms with Gasteiger partial charge in [0.2, 0.25) is 5.91 Å². The maximum absolute atomic E-state index is 13.5. The Labute approximate surface area is 258 Å². The minimum Gasteiger partial charge on any atom is -0.477 e. The molecule has 9 heteroatoms. The average Bonchev–Trinajstić information content (AvgIpc) is 3.07. The summed E-state index contributed by atoms with van der Waals surface area (Å²) in [5, 5.41) is 2.94. The van der Waals surface area contributed by atoms with Crippen molar-refractivity contribution in [2.45, 2.75) is 43.1 Å². The van der Waals surface area contributed by atoms with E-state index >= 15 is 0 Å². The van der Waals surface area contributed by atoms with Gasteiger partial charge in [-0.15, -0.1) is 0 Å². The minimum atomic E-state index is -3.70. The largest absolute Gasteiger partial charge is 0.477 e. The number of aryl methyl sites for hydroxylation is 2. The SMILES string of the molecule is O=C(NCCc1ccccc1)[C@H]1CN(C(=O)CCc2ccc(S(=O)(=O)N3CCCc4ccccc43)cc2)c2ccccc2O1. The topological polar surface area (TPSA) is 96.0 Å². The van der Waals surface area contributed by atoms with Crippen molar-refractivity contribution in [3.8, 4) is 5.75 Å². The van der Waals surface area contributed by atoms with Crippen LogP contribution in [0.1, 0.15) is 29.5 Å². The van der Waals surface area contributed by atoms with Gasteiger partial charge in [0, 0.05) is 19.5 Å². The third-order valence-electron chi connectivity index (χ3n) is 8.13. The van der Waals surface area contributed by atoms with Crippen molar-refractivity contribution >= 4 is 33.2 Å². The van der Waals surface area contributed by atoms with Gasteiger partial charge in [-0.1, -0.05) is 72.8 Å². The summed E-state index contributed by atoms with van der Waals surface area (Å²) in [6, 6.07) is 31.5. The van der Waals surface area contributed by atoms with E-state index in [2.05, 4.69) is 5.32 Å². The van der Waals surface area contributed by atoms with Crippen molar-refractivity contribution in [1.29, 1.82) is 0 Å². The average molecular weight is 610 g/mol. The van der Waals surface area contributed by atoms with E-state index in [1.807, 2.05) is 72.8 Å². The summed E-state index contributed by atoms with van der Waals surface area (Å²) >= 11 is 0. The van der Waals surface area contributed by atoms with Crippen molar-refractivity contribution in [2.24, 2.45) is 0 Å². The molecule has 0 bridgehead atoms. The van der Waals surface area contributed by atoms with Gasteiger partial charge in [0.05, 0.1) is 22.8 Å². The molecule has 2 amide bonds. The first kappa shape index (κ1) is 29.4. The highest BCUT2D eigenvalue weighted by Crippen LogP contribution is 2.34. The fourth-order valence-electron chi connectivity index (χ4n) is 5.79. The zero-order valence-electron chi connectivity index (χ0n) is 24.4. The third-order valence-corrected chi connectivity index (χ3v) is 9.96. The van der Waals surface area contributed by atoms with Gasteiger partial charge in [0.25, 0.3) is 15.9 Å². The Hall–Kier alpha value is -4.63. The molecule has 1 atom stereocenters. The summed E-state index contributed by atoms with van der Waals surface area (Å²) in [5.74, 6) is 0.0926. The molecule has 2 heterocycles. The lowest BCUT2D eigenvalue weighted by Gasteiger charge is -2.34. The summed E-state index contributed by atoms with van der Waals surface area (Å²) in [7, 11) is -3.70. The smallest absolute Gasteiger partial charge is 0.264 e. The van der Waals surface area contributed by atoms with Gasteiger partial charge in [-0.3, -0.25) is 13.9 Å². The number of ether oxygens (including phenoxy) is 1. The number of benzene rings is 4. The highest BCUT2D eigenvalue weighted by Gasteiger charge is 2.33. The van der Waals surface area contributed by atoms with E-state index in [1.54, 1.807) is 35.2 Å². The van der Waals surface area contributed by atoms with E-state index in [4.69, 9.17) is 4.74 Å². The number of anilines is 2. The van der Waals surface area contributed by atoms with Crippen molar-refractivity contribution in [3.63, 3.8) is 0 Å². The zero-order chi connectivity index (χ0) is 30.5. The molecule has 0 saturated carbocycles. The molecule has 4 aromatic carbocycles. The van der Waals surface area contributed by atoms with Gasteiger partial charge >= 0.3 is 0 Å². The van der Waals surface area contributed by atoms with Gasteiger partial charge in [-0.2, -0.15) is 0 Å². The van der Waals surface area contributed by atoms with Gasteiger partial charge in [-0.05, 0) is 72.7 Å². The summed E-state index contributed by atoms with van der Waals surface area (Å²) in [5.41, 5.74) is 4.39. The second-order valence-electron chi connectivity index (χ2n) is 11.1. The molecule has 0 radical (unpaired) electrons. The van der Waals surface area contributed by atoms with Crippen LogP contribution in [0.4, 0.5) is 11.4 Å². The van der Waals surface area contributed by atoms with Crippen LogP contribution in [0.3, 0.4) is 0 Å². The molecule has 44 heavy (non-hydrogen) atoms. The molecule has 4 aromatic rings. The molecule has 6 rings (SSSR count). The van der Waals surface area contributed by atoms with Crippen LogP contribution in [0.5, 0.6) is 5.75 Å². The lowest BCUT2D eigenvalue weighted by molar-refractivity contribution is -0.128. The van der Waals surface area contributed by atoms with Gasteiger partial charge in [-0.25, -0.2) is 8.42 Å². The normalized spacial score (nSPS) is 16.0. The number of hydrogen-bond donors (Lipinski definition) is 1. The second-order valence-corrected chi connectivity index (χ2v) is 12.9. The molecule has 0 spiro atoms. The number of para-hydroxylation sites is 3.